The van der Waals surface area contributed by atoms with Crippen LogP contribution in [0.25, 0.3) is 0 Å². The number of fused-ring (bicyclic) bond motifs is 1. The lowest BCUT2D eigenvalue weighted by atomic mass is 9.93. The van der Waals surface area contributed by atoms with Crippen LogP contribution in [0.2, 0.25) is 0 Å². The number of unbranched alkanes of at least 4 members (excludes halogenated alkanes) is 1. The summed E-state index contributed by atoms with van der Waals surface area (Å²) in [6, 6.07) is 6.72. The number of hydrogen-bond acceptors (Lipinski definition) is 5. The predicted molar refractivity (Wildman–Crippen MR) is 155 cm³/mol. The molecule has 1 saturated carbocycles. The van der Waals surface area contributed by atoms with Gasteiger partial charge in [-0.2, -0.15) is 0 Å². The quantitative estimate of drug-likeness (QED) is 0.402. The molecule has 1 saturated heterocycles. The number of amides is 2. The maximum atomic E-state index is 13.8. The first-order chi connectivity index (χ1) is 18.8. The second-order valence-corrected chi connectivity index (χ2v) is 12.7. The molecule has 2 amide bonds. The molecule has 0 bridgehead atoms. The maximum Gasteiger partial charge on any atom is 0.236 e. The Morgan fingerprint density at radius 3 is 2.77 bits per heavy atom. The standard InChI is InChI=1S/C32H48N4O3/c1-5-6-14-34(16-8-13-33(3)4)30(37)23-36-21-27(25-10-11-29-26(18-25)12-17-39-29)19-32(36)20-28(32)22-35-15-7-9-24(2)31(35)38/h7,10-11,15,18,24,27-28H,5-6,8-9,12-14,16-17,19-23H2,1-4H3/t24?,27?,28?,32-/m0/s1. The third kappa shape index (κ3) is 6.19. The molecule has 5 rings (SSSR count). The summed E-state index contributed by atoms with van der Waals surface area (Å²) in [5, 5.41) is 0. The fourth-order valence-electron chi connectivity index (χ4n) is 7.00. The molecule has 7 nitrogen and oxygen atoms in total. The minimum Gasteiger partial charge on any atom is -0.493 e. The molecular formula is C32H48N4O3. The highest BCUT2D eigenvalue weighted by Crippen LogP contribution is 2.59. The van der Waals surface area contributed by atoms with Gasteiger partial charge in [0.2, 0.25) is 11.8 Å². The summed E-state index contributed by atoms with van der Waals surface area (Å²) < 4.78 is 5.76. The van der Waals surface area contributed by atoms with Gasteiger partial charge in [0.25, 0.3) is 0 Å². The molecule has 1 aliphatic carbocycles. The molecule has 1 aromatic carbocycles. The Morgan fingerprint density at radius 2 is 1.97 bits per heavy atom. The van der Waals surface area contributed by atoms with Crippen LogP contribution in [0, 0.1) is 11.8 Å². The van der Waals surface area contributed by atoms with Crippen LogP contribution >= 0.6 is 0 Å². The molecule has 0 radical (unpaired) electrons. The molecule has 4 aliphatic rings. The predicted octanol–water partition coefficient (Wildman–Crippen LogP) is 4.13. The second-order valence-electron chi connectivity index (χ2n) is 12.7. The van der Waals surface area contributed by atoms with E-state index in [-0.39, 0.29) is 23.3 Å². The molecule has 3 aliphatic heterocycles. The van der Waals surface area contributed by atoms with Crippen molar-refractivity contribution < 1.29 is 14.3 Å². The van der Waals surface area contributed by atoms with Crippen LogP contribution < -0.4 is 4.74 Å². The Bertz CT molecular complexity index is 1070. The molecule has 0 N–H and O–H groups in total. The lowest BCUT2D eigenvalue weighted by molar-refractivity contribution is -0.134. The van der Waals surface area contributed by atoms with Gasteiger partial charge in [-0.1, -0.05) is 38.5 Å². The highest BCUT2D eigenvalue weighted by molar-refractivity contribution is 5.81. The average Bonchev–Trinajstić information content (AvgIpc) is 3.21. The van der Waals surface area contributed by atoms with Crippen LogP contribution in [-0.2, 0) is 16.0 Å². The molecule has 7 heteroatoms. The van der Waals surface area contributed by atoms with E-state index in [1.54, 1.807) is 0 Å². The summed E-state index contributed by atoms with van der Waals surface area (Å²) >= 11 is 0. The minimum absolute atomic E-state index is 0.00467. The number of allylic oxidation sites excluding steroid dienone is 1. The number of nitrogens with zero attached hydrogens (tertiary/aromatic N) is 4. The van der Waals surface area contributed by atoms with E-state index < -0.39 is 0 Å². The third-order valence-corrected chi connectivity index (χ3v) is 9.45. The maximum absolute atomic E-state index is 13.8. The van der Waals surface area contributed by atoms with E-state index in [0.29, 0.717) is 18.4 Å². The first kappa shape index (κ1) is 28.2. The van der Waals surface area contributed by atoms with E-state index in [9.17, 15) is 9.59 Å². The SMILES string of the molecule is CCCCN(CCCN(C)C)C(=O)CN1CC(c2ccc3c(c2)CCO3)C[C@@]12CC2CN1C=CCC(C)C1=O. The first-order valence-electron chi connectivity index (χ1n) is 15.2. The Kier molecular flexibility index (Phi) is 8.67. The summed E-state index contributed by atoms with van der Waals surface area (Å²) in [5.41, 5.74) is 2.69. The van der Waals surface area contributed by atoms with Gasteiger partial charge in [0.1, 0.15) is 5.75 Å². The third-order valence-electron chi connectivity index (χ3n) is 9.45. The zero-order valence-corrected chi connectivity index (χ0v) is 24.5. The molecular weight excluding hydrogens is 488 g/mol. The Morgan fingerprint density at radius 1 is 1.15 bits per heavy atom. The zero-order valence-electron chi connectivity index (χ0n) is 24.5. The van der Waals surface area contributed by atoms with Gasteiger partial charge < -0.3 is 19.4 Å². The van der Waals surface area contributed by atoms with Crippen LogP contribution in [0.3, 0.4) is 0 Å². The molecule has 2 fully saturated rings. The molecule has 3 unspecified atom stereocenters. The molecule has 0 aromatic heterocycles. The summed E-state index contributed by atoms with van der Waals surface area (Å²) in [5.74, 6) is 2.39. The van der Waals surface area contributed by atoms with Crippen molar-refractivity contribution in [1.29, 1.82) is 0 Å². The van der Waals surface area contributed by atoms with Crippen LogP contribution in [0.5, 0.6) is 5.75 Å². The van der Waals surface area contributed by atoms with Gasteiger partial charge in [0, 0.05) is 50.3 Å². The smallest absolute Gasteiger partial charge is 0.236 e. The lowest BCUT2D eigenvalue weighted by Crippen LogP contribution is -2.45. The van der Waals surface area contributed by atoms with Gasteiger partial charge in [-0.05, 0) is 81.8 Å². The number of carbonyl (C=O) groups is 2. The minimum atomic E-state index is 0.00467. The van der Waals surface area contributed by atoms with Crippen LogP contribution in [0.15, 0.2) is 30.5 Å². The largest absolute Gasteiger partial charge is 0.493 e. The van der Waals surface area contributed by atoms with Crippen LogP contribution in [0.4, 0.5) is 0 Å². The highest BCUT2D eigenvalue weighted by atomic mass is 16.5. The van der Waals surface area contributed by atoms with E-state index in [4.69, 9.17) is 4.74 Å². The number of ether oxygens (including phenoxy) is 1. The average molecular weight is 537 g/mol. The van der Waals surface area contributed by atoms with Gasteiger partial charge >= 0.3 is 0 Å². The number of hydrogen-bond donors (Lipinski definition) is 0. The Balaban J connectivity index is 1.32. The lowest BCUT2D eigenvalue weighted by Gasteiger charge is -2.31. The molecule has 3 heterocycles. The molecule has 4 atom stereocenters. The zero-order chi connectivity index (χ0) is 27.6. The topological polar surface area (TPSA) is 56.3 Å². The van der Waals surface area contributed by atoms with Crippen LogP contribution in [-0.4, -0.2) is 96.9 Å². The molecule has 214 valence electrons. The first-order valence-corrected chi connectivity index (χ1v) is 15.2. The van der Waals surface area contributed by atoms with E-state index >= 15 is 0 Å². The number of rotatable bonds is 12. The normalized spacial score (nSPS) is 27.9. The summed E-state index contributed by atoms with van der Waals surface area (Å²) in [6.07, 6.45) is 11.2. The second kappa shape index (κ2) is 12.0. The van der Waals surface area contributed by atoms with Crippen molar-refractivity contribution in [2.24, 2.45) is 11.8 Å². The van der Waals surface area contributed by atoms with E-state index in [0.717, 1.165) is 90.0 Å². The highest BCUT2D eigenvalue weighted by Gasteiger charge is 2.63. The summed E-state index contributed by atoms with van der Waals surface area (Å²) in [7, 11) is 4.18. The van der Waals surface area contributed by atoms with Crippen molar-refractivity contribution in [2.45, 2.75) is 70.3 Å². The van der Waals surface area contributed by atoms with Gasteiger partial charge in [-0.3, -0.25) is 14.5 Å². The van der Waals surface area contributed by atoms with Crippen molar-refractivity contribution >= 4 is 11.8 Å². The molecule has 1 spiro atoms. The van der Waals surface area contributed by atoms with Gasteiger partial charge in [-0.25, -0.2) is 0 Å². The van der Waals surface area contributed by atoms with Gasteiger partial charge in [-0.15, -0.1) is 0 Å². The van der Waals surface area contributed by atoms with E-state index in [2.05, 4.69) is 60.0 Å². The Hall–Kier alpha value is -2.38. The fraction of sp³-hybridized carbons (Fsp3) is 0.688. The van der Waals surface area contributed by atoms with Gasteiger partial charge in [0.05, 0.1) is 13.2 Å². The summed E-state index contributed by atoms with van der Waals surface area (Å²) in [4.78, 5) is 35.4. The molecule has 1 aromatic rings. The number of benzene rings is 1. The molecule has 39 heavy (non-hydrogen) atoms. The van der Waals surface area contributed by atoms with E-state index in [1.165, 1.54) is 11.1 Å². The van der Waals surface area contributed by atoms with Crippen molar-refractivity contribution in [3.8, 4) is 5.75 Å². The number of likely N-dealkylation sites (tertiary alicyclic amines) is 1. The van der Waals surface area contributed by atoms with Crippen molar-refractivity contribution in [3.63, 3.8) is 0 Å². The van der Waals surface area contributed by atoms with Crippen molar-refractivity contribution in [3.05, 3.63) is 41.6 Å². The monoisotopic (exact) mass is 536 g/mol. The van der Waals surface area contributed by atoms with Crippen molar-refractivity contribution in [2.75, 3.05) is 60.0 Å². The van der Waals surface area contributed by atoms with Crippen LogP contribution in [0.1, 0.15) is 69.4 Å². The van der Waals surface area contributed by atoms with E-state index in [1.807, 2.05) is 18.0 Å². The van der Waals surface area contributed by atoms with Gasteiger partial charge in [0.15, 0.2) is 0 Å². The Labute approximate surface area is 235 Å². The summed E-state index contributed by atoms with van der Waals surface area (Å²) in [6.45, 7) is 9.78. The fourth-order valence-corrected chi connectivity index (χ4v) is 7.00. The number of carbonyl (C=O) groups excluding carboxylic acids is 2. The van der Waals surface area contributed by atoms with Crippen molar-refractivity contribution in [1.82, 2.24) is 19.6 Å².